The van der Waals surface area contributed by atoms with Crippen LogP contribution in [0.4, 0.5) is 0 Å². The first-order chi connectivity index (χ1) is 43.5. The van der Waals surface area contributed by atoms with Gasteiger partial charge >= 0.3 is 5.97 Å². The minimum absolute atomic E-state index is 0.0147. The summed E-state index contributed by atoms with van der Waals surface area (Å²) in [6.07, 6.45) is 101. The van der Waals surface area contributed by atoms with E-state index in [0.29, 0.717) is 25.9 Å². The van der Waals surface area contributed by atoms with Gasteiger partial charge in [-0.25, -0.2) is 0 Å². The van der Waals surface area contributed by atoms with Crippen molar-refractivity contribution in [2.75, 3.05) is 13.2 Å². The average molecular weight is 1240 g/mol. The number of unbranched alkanes of at least 4 members (excludes halogenated alkanes) is 59. The molecule has 0 aromatic rings. The molecule has 3 N–H and O–H groups in total. The first kappa shape index (κ1) is 86.1. The number of ether oxygens (including phenoxy) is 1. The second-order valence-electron chi connectivity index (χ2n) is 27.7. The van der Waals surface area contributed by atoms with Crippen LogP contribution in [0.3, 0.4) is 0 Å². The number of hydrogen-bond acceptors (Lipinski definition) is 5. The molecule has 0 aromatic heterocycles. The zero-order chi connectivity index (χ0) is 63.5. The molecule has 2 atom stereocenters. The maximum atomic E-state index is 12.5. The summed E-state index contributed by atoms with van der Waals surface area (Å²) in [6, 6.07) is -0.540. The molecule has 6 nitrogen and oxygen atoms in total. The van der Waals surface area contributed by atoms with Gasteiger partial charge in [-0.3, -0.25) is 9.59 Å². The second kappa shape index (κ2) is 77.5. The van der Waals surface area contributed by atoms with Crippen LogP contribution in [-0.2, 0) is 14.3 Å². The topological polar surface area (TPSA) is 95.9 Å². The molecule has 0 aliphatic heterocycles. The molecule has 88 heavy (non-hydrogen) atoms. The number of carbonyl (C=O) groups is 2. The normalized spacial score (nSPS) is 12.6. The lowest BCUT2D eigenvalue weighted by atomic mass is 10.0. The molecule has 0 aromatic carbocycles. The van der Waals surface area contributed by atoms with Crippen molar-refractivity contribution in [2.45, 2.75) is 463 Å². The number of carbonyl (C=O) groups excluding carboxylic acids is 2. The van der Waals surface area contributed by atoms with E-state index in [4.69, 9.17) is 4.74 Å². The predicted octanol–water partition coefficient (Wildman–Crippen LogP) is 26.6. The van der Waals surface area contributed by atoms with Gasteiger partial charge in [-0.15, -0.1) is 0 Å². The summed E-state index contributed by atoms with van der Waals surface area (Å²) in [4.78, 5) is 24.7. The summed E-state index contributed by atoms with van der Waals surface area (Å²) in [5, 5.41) is 23.4. The molecule has 0 aliphatic carbocycles. The molecule has 0 saturated carbocycles. The van der Waals surface area contributed by atoms with E-state index in [9.17, 15) is 19.8 Å². The zero-order valence-corrected chi connectivity index (χ0v) is 59.7. The lowest BCUT2D eigenvalue weighted by Gasteiger charge is -2.22. The molecule has 0 fully saturated rings. The first-order valence-electron chi connectivity index (χ1n) is 40.2. The molecular weight excluding hydrogens is 1080 g/mol. The maximum Gasteiger partial charge on any atom is 0.305 e. The number of rotatable bonds is 76. The number of nitrogens with one attached hydrogen (secondary N) is 1. The Morgan fingerprint density at radius 1 is 0.318 bits per heavy atom. The van der Waals surface area contributed by atoms with Crippen molar-refractivity contribution in [1.29, 1.82) is 0 Å². The number of aliphatic hydroxyl groups is 2. The smallest absolute Gasteiger partial charge is 0.305 e. The Bertz CT molecular complexity index is 1430. The number of amides is 1. The Morgan fingerprint density at radius 2 is 0.568 bits per heavy atom. The van der Waals surface area contributed by atoms with Crippen LogP contribution in [0.1, 0.15) is 450 Å². The van der Waals surface area contributed by atoms with Crippen molar-refractivity contribution in [2.24, 2.45) is 0 Å². The minimum Gasteiger partial charge on any atom is -0.466 e. The zero-order valence-electron chi connectivity index (χ0n) is 59.7. The van der Waals surface area contributed by atoms with E-state index in [0.717, 1.165) is 51.4 Å². The summed E-state index contributed by atoms with van der Waals surface area (Å²) < 4.78 is 5.51. The van der Waals surface area contributed by atoms with Gasteiger partial charge in [0.2, 0.25) is 5.91 Å². The Morgan fingerprint density at radius 3 is 0.875 bits per heavy atom. The highest BCUT2D eigenvalue weighted by Crippen LogP contribution is 2.20. The summed E-state index contributed by atoms with van der Waals surface area (Å²) in [5.41, 5.74) is 0. The van der Waals surface area contributed by atoms with Crippen LogP contribution in [0.15, 0.2) is 36.5 Å². The van der Waals surface area contributed by atoms with E-state index in [2.05, 4.69) is 55.6 Å². The fraction of sp³-hybridized carbons (Fsp3) is 0.902. The molecule has 2 unspecified atom stereocenters. The molecule has 1 amide bonds. The molecule has 0 rings (SSSR count). The number of allylic oxidation sites excluding steroid dienone is 6. The molecule has 520 valence electrons. The summed E-state index contributed by atoms with van der Waals surface area (Å²) >= 11 is 0. The highest BCUT2D eigenvalue weighted by Gasteiger charge is 2.20. The molecule has 0 radical (unpaired) electrons. The average Bonchev–Trinajstić information content (AvgIpc) is 3.58. The van der Waals surface area contributed by atoms with Gasteiger partial charge in [0.15, 0.2) is 0 Å². The van der Waals surface area contributed by atoms with Gasteiger partial charge in [0.05, 0.1) is 25.4 Å². The molecule has 0 saturated heterocycles. The molecule has 0 heterocycles. The third kappa shape index (κ3) is 73.1. The van der Waals surface area contributed by atoms with Gasteiger partial charge in [-0.05, 0) is 83.5 Å². The van der Waals surface area contributed by atoms with Crippen molar-refractivity contribution in [3.8, 4) is 0 Å². The molecular formula is C82H157NO5. The number of esters is 1. The van der Waals surface area contributed by atoms with Crippen LogP contribution in [-0.4, -0.2) is 47.4 Å². The summed E-state index contributed by atoms with van der Waals surface area (Å²) in [6.45, 7) is 5.00. The Balaban J connectivity index is 3.36. The van der Waals surface area contributed by atoms with E-state index in [1.807, 2.05) is 0 Å². The SMILES string of the molecule is CCCCCCCCC/C=C\CCCCCCCCCC(=O)OCCCCCCCCCCCCC/C=C\C/C=C\CCCCCCCCCCCCCCCCCCCC(=O)NC(CO)C(O)CCCCCCCCCCCCCCCCCCCC. The van der Waals surface area contributed by atoms with Crippen molar-refractivity contribution >= 4 is 11.9 Å². The first-order valence-corrected chi connectivity index (χ1v) is 40.2. The fourth-order valence-electron chi connectivity index (χ4n) is 12.8. The van der Waals surface area contributed by atoms with Crippen molar-refractivity contribution in [3.05, 3.63) is 36.5 Å². The molecule has 0 aliphatic rings. The standard InChI is InChI=1S/C82H157NO5/c1-3-5-7-9-11-13-15-17-19-21-42-46-50-54-58-62-66-70-74-80(85)79(78-84)83-81(86)75-71-67-63-59-55-51-47-43-40-38-36-34-32-30-28-26-24-23-25-27-29-31-33-35-37-39-41-45-49-53-57-61-65-69-73-77-88-82(87)76-72-68-64-60-56-52-48-44-22-20-18-16-14-12-10-8-6-4-2/h20,22,25,27,31,33,79-80,84-85H,3-19,21,23-24,26,28-30,32,34-78H2,1-2H3,(H,83,86)/b22-20-,27-25-,33-31-. The third-order valence-electron chi connectivity index (χ3n) is 18.9. The van der Waals surface area contributed by atoms with Gasteiger partial charge < -0.3 is 20.3 Å². The molecule has 0 spiro atoms. The summed E-state index contributed by atoms with van der Waals surface area (Å²) in [7, 11) is 0. The van der Waals surface area contributed by atoms with Crippen LogP contribution < -0.4 is 5.32 Å². The Hall–Kier alpha value is -1.92. The van der Waals surface area contributed by atoms with Crippen molar-refractivity contribution in [3.63, 3.8) is 0 Å². The molecule has 6 heteroatoms. The van der Waals surface area contributed by atoms with Crippen LogP contribution in [0.5, 0.6) is 0 Å². The number of aliphatic hydroxyl groups excluding tert-OH is 2. The Labute approximate surface area is 551 Å². The van der Waals surface area contributed by atoms with E-state index in [1.165, 1.54) is 366 Å². The Kier molecular flexibility index (Phi) is 75.8. The summed E-state index contributed by atoms with van der Waals surface area (Å²) in [5.74, 6) is -0.0137. The van der Waals surface area contributed by atoms with Crippen LogP contribution in [0, 0.1) is 0 Å². The number of hydrogen-bond donors (Lipinski definition) is 3. The van der Waals surface area contributed by atoms with Gasteiger partial charge in [-0.2, -0.15) is 0 Å². The quantitative estimate of drug-likeness (QED) is 0.0320. The largest absolute Gasteiger partial charge is 0.466 e. The van der Waals surface area contributed by atoms with Gasteiger partial charge in [-0.1, -0.05) is 391 Å². The van der Waals surface area contributed by atoms with Crippen LogP contribution >= 0.6 is 0 Å². The molecule has 0 bridgehead atoms. The monoisotopic (exact) mass is 1240 g/mol. The second-order valence-corrected chi connectivity index (χ2v) is 27.7. The van der Waals surface area contributed by atoms with Gasteiger partial charge in [0, 0.05) is 12.8 Å². The van der Waals surface area contributed by atoms with Crippen LogP contribution in [0.25, 0.3) is 0 Å². The lowest BCUT2D eigenvalue weighted by molar-refractivity contribution is -0.143. The van der Waals surface area contributed by atoms with E-state index >= 15 is 0 Å². The minimum atomic E-state index is -0.663. The van der Waals surface area contributed by atoms with E-state index in [1.54, 1.807) is 0 Å². The van der Waals surface area contributed by atoms with E-state index in [-0.39, 0.29) is 18.5 Å². The van der Waals surface area contributed by atoms with Crippen molar-refractivity contribution in [1.82, 2.24) is 5.32 Å². The van der Waals surface area contributed by atoms with Crippen molar-refractivity contribution < 1.29 is 24.5 Å². The maximum absolute atomic E-state index is 12.5. The predicted molar refractivity (Wildman–Crippen MR) is 389 cm³/mol. The third-order valence-corrected chi connectivity index (χ3v) is 18.9. The van der Waals surface area contributed by atoms with Gasteiger partial charge in [0.25, 0.3) is 0 Å². The lowest BCUT2D eigenvalue weighted by Crippen LogP contribution is -2.45. The van der Waals surface area contributed by atoms with E-state index < -0.39 is 12.1 Å². The van der Waals surface area contributed by atoms with Crippen LogP contribution in [0.2, 0.25) is 0 Å². The fourth-order valence-corrected chi connectivity index (χ4v) is 12.8. The van der Waals surface area contributed by atoms with Gasteiger partial charge in [0.1, 0.15) is 0 Å². The highest BCUT2D eigenvalue weighted by atomic mass is 16.5. The highest BCUT2D eigenvalue weighted by molar-refractivity contribution is 5.76.